The second-order valence-corrected chi connectivity index (χ2v) is 4.11. The number of amides is 1. The minimum absolute atomic E-state index is 0.157. The predicted octanol–water partition coefficient (Wildman–Crippen LogP) is 2.95. The molecule has 0 aliphatic rings. The van der Waals surface area contributed by atoms with Gasteiger partial charge in [-0.1, -0.05) is 18.2 Å². The molecule has 19 heavy (non-hydrogen) atoms. The van der Waals surface area contributed by atoms with Gasteiger partial charge in [0, 0.05) is 12.1 Å². The summed E-state index contributed by atoms with van der Waals surface area (Å²) >= 11 is 0. The maximum atomic E-state index is 13.0. The highest BCUT2D eigenvalue weighted by Gasteiger charge is 2.07. The van der Waals surface area contributed by atoms with E-state index in [9.17, 15) is 14.3 Å². The normalized spacial score (nSPS) is 10.2. The summed E-state index contributed by atoms with van der Waals surface area (Å²) in [5, 5.41) is 12.1. The second kappa shape index (κ2) is 5.52. The molecule has 0 aliphatic carbocycles. The number of hydrogen-bond donors (Lipinski definition) is 2. The lowest BCUT2D eigenvalue weighted by Crippen LogP contribution is -2.22. The van der Waals surface area contributed by atoms with Crippen molar-refractivity contribution in [2.24, 2.45) is 0 Å². The molecule has 0 atom stereocenters. The molecule has 2 N–H and O–H groups in total. The molecule has 98 valence electrons. The molecule has 0 radical (unpaired) electrons. The van der Waals surface area contributed by atoms with Crippen molar-refractivity contribution in [3.8, 4) is 16.9 Å². The fraction of sp³-hybridized carbons (Fsp3) is 0.133. The third-order valence-electron chi connectivity index (χ3n) is 2.74. The number of phenolic OH excluding ortho intramolecular Hbond substituents is 1. The topological polar surface area (TPSA) is 49.3 Å². The zero-order valence-corrected chi connectivity index (χ0v) is 10.5. The van der Waals surface area contributed by atoms with E-state index in [-0.39, 0.29) is 5.91 Å². The van der Waals surface area contributed by atoms with Crippen LogP contribution in [0.4, 0.5) is 4.39 Å². The first kappa shape index (κ1) is 13.1. The third kappa shape index (κ3) is 2.91. The Morgan fingerprint density at radius 3 is 2.63 bits per heavy atom. The first-order valence-corrected chi connectivity index (χ1v) is 5.99. The fourth-order valence-corrected chi connectivity index (χ4v) is 1.79. The Morgan fingerprint density at radius 2 is 1.95 bits per heavy atom. The number of rotatable bonds is 3. The van der Waals surface area contributed by atoms with Crippen molar-refractivity contribution in [2.75, 3.05) is 6.54 Å². The van der Waals surface area contributed by atoms with E-state index >= 15 is 0 Å². The van der Waals surface area contributed by atoms with Gasteiger partial charge in [0.2, 0.25) is 0 Å². The lowest BCUT2D eigenvalue weighted by molar-refractivity contribution is 0.0956. The van der Waals surface area contributed by atoms with Crippen LogP contribution in [-0.2, 0) is 0 Å². The van der Waals surface area contributed by atoms with Crippen molar-refractivity contribution >= 4 is 5.91 Å². The van der Waals surface area contributed by atoms with Crippen LogP contribution in [0.25, 0.3) is 11.1 Å². The minimum Gasteiger partial charge on any atom is -0.505 e. The van der Waals surface area contributed by atoms with Gasteiger partial charge in [-0.25, -0.2) is 4.39 Å². The van der Waals surface area contributed by atoms with Crippen LogP contribution in [0.3, 0.4) is 0 Å². The van der Waals surface area contributed by atoms with Crippen LogP contribution in [0.5, 0.6) is 5.75 Å². The van der Waals surface area contributed by atoms with E-state index in [1.807, 2.05) is 6.92 Å². The Bertz CT molecular complexity index is 611. The molecule has 0 unspecified atom stereocenters. The zero-order valence-electron chi connectivity index (χ0n) is 10.5. The van der Waals surface area contributed by atoms with E-state index in [4.69, 9.17) is 0 Å². The molecule has 4 heteroatoms. The smallest absolute Gasteiger partial charge is 0.251 e. The Kier molecular flexibility index (Phi) is 3.80. The van der Waals surface area contributed by atoms with Gasteiger partial charge in [0.15, 0.2) is 11.6 Å². The van der Waals surface area contributed by atoms with Crippen molar-refractivity contribution in [1.82, 2.24) is 5.32 Å². The monoisotopic (exact) mass is 259 g/mol. The van der Waals surface area contributed by atoms with E-state index in [0.29, 0.717) is 17.7 Å². The van der Waals surface area contributed by atoms with Gasteiger partial charge in [-0.2, -0.15) is 0 Å². The molecule has 0 fully saturated rings. The van der Waals surface area contributed by atoms with Gasteiger partial charge in [-0.15, -0.1) is 0 Å². The average molecular weight is 259 g/mol. The Morgan fingerprint density at radius 1 is 1.21 bits per heavy atom. The Labute approximate surface area is 110 Å². The van der Waals surface area contributed by atoms with Gasteiger partial charge in [0.1, 0.15) is 0 Å². The number of phenols is 1. The van der Waals surface area contributed by atoms with Crippen LogP contribution in [0.15, 0.2) is 42.5 Å². The molecule has 2 aromatic rings. The van der Waals surface area contributed by atoms with Crippen molar-refractivity contribution in [3.05, 3.63) is 53.8 Å². The maximum absolute atomic E-state index is 13.0. The first-order valence-electron chi connectivity index (χ1n) is 5.99. The molecule has 2 aromatic carbocycles. The number of benzene rings is 2. The molecular formula is C15H14FNO2. The third-order valence-corrected chi connectivity index (χ3v) is 2.74. The number of carbonyl (C=O) groups is 1. The minimum atomic E-state index is -0.663. The highest BCUT2D eigenvalue weighted by atomic mass is 19.1. The van der Waals surface area contributed by atoms with Crippen LogP contribution in [0.1, 0.15) is 17.3 Å². The van der Waals surface area contributed by atoms with Gasteiger partial charge in [-0.3, -0.25) is 4.79 Å². The predicted molar refractivity (Wildman–Crippen MR) is 71.5 cm³/mol. The number of hydrogen-bond acceptors (Lipinski definition) is 2. The van der Waals surface area contributed by atoms with Crippen LogP contribution in [0, 0.1) is 5.82 Å². The first-order chi connectivity index (χ1) is 9.11. The van der Waals surface area contributed by atoms with Gasteiger partial charge in [0.25, 0.3) is 5.91 Å². The molecule has 0 spiro atoms. The molecule has 0 saturated heterocycles. The number of carbonyl (C=O) groups excluding carboxylic acids is 1. The van der Waals surface area contributed by atoms with Gasteiger partial charge in [-0.05, 0) is 42.3 Å². The highest BCUT2D eigenvalue weighted by Crippen LogP contribution is 2.26. The zero-order chi connectivity index (χ0) is 13.8. The van der Waals surface area contributed by atoms with E-state index in [2.05, 4.69) is 5.32 Å². The molecule has 2 rings (SSSR count). The largest absolute Gasteiger partial charge is 0.505 e. The van der Waals surface area contributed by atoms with Crippen LogP contribution in [0.2, 0.25) is 0 Å². The van der Waals surface area contributed by atoms with Gasteiger partial charge < -0.3 is 10.4 Å². The van der Waals surface area contributed by atoms with E-state index in [1.165, 1.54) is 12.1 Å². The fourth-order valence-electron chi connectivity index (χ4n) is 1.79. The molecule has 0 heterocycles. The van der Waals surface area contributed by atoms with Crippen LogP contribution >= 0.6 is 0 Å². The van der Waals surface area contributed by atoms with Crippen molar-refractivity contribution in [1.29, 1.82) is 0 Å². The molecule has 0 saturated carbocycles. The lowest BCUT2D eigenvalue weighted by Gasteiger charge is -2.06. The lowest BCUT2D eigenvalue weighted by atomic mass is 10.0. The quantitative estimate of drug-likeness (QED) is 0.890. The van der Waals surface area contributed by atoms with Crippen molar-refractivity contribution < 1.29 is 14.3 Å². The van der Waals surface area contributed by atoms with Crippen LogP contribution < -0.4 is 5.32 Å². The molecular weight excluding hydrogens is 245 g/mol. The number of aromatic hydroxyl groups is 1. The average Bonchev–Trinajstić information content (AvgIpc) is 2.42. The van der Waals surface area contributed by atoms with E-state index < -0.39 is 11.6 Å². The summed E-state index contributed by atoms with van der Waals surface area (Å²) in [5.74, 6) is -1.22. The Hall–Kier alpha value is -2.36. The van der Waals surface area contributed by atoms with E-state index in [0.717, 1.165) is 5.56 Å². The SMILES string of the molecule is CCNC(=O)c1cccc(-c2ccc(F)c(O)c2)c1. The van der Waals surface area contributed by atoms with Crippen molar-refractivity contribution in [3.63, 3.8) is 0 Å². The number of nitrogens with one attached hydrogen (secondary N) is 1. The van der Waals surface area contributed by atoms with Gasteiger partial charge >= 0.3 is 0 Å². The Balaban J connectivity index is 2.37. The number of halogens is 1. The van der Waals surface area contributed by atoms with E-state index in [1.54, 1.807) is 30.3 Å². The van der Waals surface area contributed by atoms with Crippen LogP contribution in [-0.4, -0.2) is 17.6 Å². The standard InChI is InChI=1S/C15H14FNO2/c1-2-17-15(19)12-5-3-4-10(8-12)11-6-7-13(16)14(18)9-11/h3-9,18H,2H2,1H3,(H,17,19). The summed E-state index contributed by atoms with van der Waals surface area (Å²) < 4.78 is 13.0. The van der Waals surface area contributed by atoms with Gasteiger partial charge in [0.05, 0.1) is 0 Å². The molecule has 0 aliphatic heterocycles. The molecule has 0 aromatic heterocycles. The summed E-state index contributed by atoms with van der Waals surface area (Å²) in [6.45, 7) is 2.40. The molecule has 3 nitrogen and oxygen atoms in total. The van der Waals surface area contributed by atoms with Crippen molar-refractivity contribution in [2.45, 2.75) is 6.92 Å². The summed E-state index contributed by atoms with van der Waals surface area (Å²) in [7, 11) is 0. The summed E-state index contributed by atoms with van der Waals surface area (Å²) in [6.07, 6.45) is 0. The maximum Gasteiger partial charge on any atom is 0.251 e. The summed E-state index contributed by atoms with van der Waals surface area (Å²) in [4.78, 5) is 11.7. The highest BCUT2D eigenvalue weighted by molar-refractivity contribution is 5.95. The molecule has 0 bridgehead atoms. The molecule has 1 amide bonds. The summed E-state index contributed by atoms with van der Waals surface area (Å²) in [6, 6.07) is 11.1. The summed E-state index contributed by atoms with van der Waals surface area (Å²) in [5.41, 5.74) is 1.94. The second-order valence-electron chi connectivity index (χ2n) is 4.11.